The third-order valence-corrected chi connectivity index (χ3v) is 3.72. The molecule has 0 fully saturated rings. The summed E-state index contributed by atoms with van der Waals surface area (Å²) in [6, 6.07) is 0. The highest BCUT2D eigenvalue weighted by atomic mass is 35.5. The van der Waals surface area contributed by atoms with Crippen LogP contribution in [0.15, 0.2) is 24.8 Å². The highest BCUT2D eigenvalue weighted by Crippen LogP contribution is 2.18. The maximum Gasteiger partial charge on any atom is 0.275 e. The minimum atomic E-state index is -0.517. The molecule has 3 aromatic heterocycles. The van der Waals surface area contributed by atoms with Crippen molar-refractivity contribution in [3.05, 3.63) is 46.8 Å². The standard InChI is InChI=1S/C14H15ClN8O2/c1-22-7-8(4-18-22)3-16-14(25)12-10(6-19-23(12)2)20-13(24)11-9(15)5-17-21-11/h4-7H,3H2,1-2H3,(H,16,25)(H,17,21)(H,20,24). The minimum absolute atomic E-state index is 0.104. The molecule has 0 spiro atoms. The molecular formula is C14H15ClN8O2. The zero-order chi connectivity index (χ0) is 18.0. The van der Waals surface area contributed by atoms with E-state index in [1.54, 1.807) is 31.2 Å². The Hall–Kier alpha value is -3.14. The minimum Gasteiger partial charge on any atom is -0.346 e. The van der Waals surface area contributed by atoms with E-state index in [0.29, 0.717) is 6.54 Å². The summed E-state index contributed by atoms with van der Waals surface area (Å²) < 4.78 is 3.02. The van der Waals surface area contributed by atoms with E-state index in [4.69, 9.17) is 11.6 Å². The molecule has 0 aromatic carbocycles. The predicted octanol–water partition coefficient (Wildman–Crippen LogP) is 0.712. The Labute approximate surface area is 147 Å². The van der Waals surface area contributed by atoms with Crippen molar-refractivity contribution in [3.8, 4) is 0 Å². The molecular weight excluding hydrogens is 348 g/mol. The lowest BCUT2D eigenvalue weighted by molar-refractivity contribution is 0.0942. The van der Waals surface area contributed by atoms with Gasteiger partial charge in [0.1, 0.15) is 11.4 Å². The zero-order valence-corrected chi connectivity index (χ0v) is 14.2. The fourth-order valence-corrected chi connectivity index (χ4v) is 2.42. The van der Waals surface area contributed by atoms with Gasteiger partial charge in [-0.05, 0) is 0 Å². The molecule has 0 unspecified atom stereocenters. The number of aryl methyl sites for hydroxylation is 2. The number of aromatic nitrogens is 6. The van der Waals surface area contributed by atoms with E-state index in [9.17, 15) is 9.59 Å². The van der Waals surface area contributed by atoms with Gasteiger partial charge in [0.25, 0.3) is 11.8 Å². The maximum absolute atomic E-state index is 12.5. The van der Waals surface area contributed by atoms with Gasteiger partial charge in [-0.3, -0.25) is 24.1 Å². The smallest absolute Gasteiger partial charge is 0.275 e. The van der Waals surface area contributed by atoms with E-state index < -0.39 is 5.91 Å². The van der Waals surface area contributed by atoms with Crippen molar-refractivity contribution in [2.24, 2.45) is 14.1 Å². The molecule has 2 amide bonds. The second-order valence-electron chi connectivity index (χ2n) is 5.28. The van der Waals surface area contributed by atoms with Gasteiger partial charge in [-0.1, -0.05) is 11.6 Å². The summed E-state index contributed by atoms with van der Waals surface area (Å²) in [6.07, 6.45) is 6.17. The second kappa shape index (κ2) is 6.77. The molecule has 0 saturated heterocycles. The first-order valence-corrected chi connectivity index (χ1v) is 7.61. The van der Waals surface area contributed by atoms with Gasteiger partial charge < -0.3 is 10.6 Å². The highest BCUT2D eigenvalue weighted by molar-refractivity contribution is 6.34. The molecule has 3 aromatic rings. The van der Waals surface area contributed by atoms with Crippen LogP contribution in [0.4, 0.5) is 5.69 Å². The van der Waals surface area contributed by atoms with Gasteiger partial charge in [-0.25, -0.2) is 0 Å². The summed E-state index contributed by atoms with van der Waals surface area (Å²) in [5.41, 5.74) is 1.44. The Morgan fingerprint density at radius 3 is 2.64 bits per heavy atom. The van der Waals surface area contributed by atoms with Crippen molar-refractivity contribution < 1.29 is 9.59 Å². The number of carbonyl (C=O) groups excluding carboxylic acids is 2. The average Bonchev–Trinajstić information content (AvgIpc) is 3.26. The Bertz CT molecular complexity index is 925. The lowest BCUT2D eigenvalue weighted by Crippen LogP contribution is -2.26. The molecule has 0 aliphatic carbocycles. The highest BCUT2D eigenvalue weighted by Gasteiger charge is 2.21. The molecule has 130 valence electrons. The molecule has 3 rings (SSSR count). The van der Waals surface area contributed by atoms with Gasteiger partial charge in [0.2, 0.25) is 0 Å². The number of hydrogen-bond acceptors (Lipinski definition) is 5. The van der Waals surface area contributed by atoms with Crippen molar-refractivity contribution in [3.63, 3.8) is 0 Å². The van der Waals surface area contributed by atoms with Crippen LogP contribution in [0.5, 0.6) is 0 Å². The first kappa shape index (κ1) is 16.7. The first-order valence-electron chi connectivity index (χ1n) is 7.23. The van der Waals surface area contributed by atoms with Crippen LogP contribution in [0.3, 0.4) is 0 Å². The third-order valence-electron chi connectivity index (χ3n) is 3.43. The summed E-state index contributed by atoms with van der Waals surface area (Å²) in [6.45, 7) is 0.303. The lowest BCUT2D eigenvalue weighted by Gasteiger charge is -2.08. The third kappa shape index (κ3) is 3.53. The van der Waals surface area contributed by atoms with Gasteiger partial charge in [-0.15, -0.1) is 0 Å². The van der Waals surface area contributed by atoms with Gasteiger partial charge in [-0.2, -0.15) is 15.3 Å². The molecule has 0 saturated carbocycles. The van der Waals surface area contributed by atoms with Crippen molar-refractivity contribution in [2.75, 3.05) is 5.32 Å². The molecule has 25 heavy (non-hydrogen) atoms. The normalized spacial score (nSPS) is 10.7. The van der Waals surface area contributed by atoms with E-state index >= 15 is 0 Å². The van der Waals surface area contributed by atoms with Crippen molar-refractivity contribution in [2.45, 2.75) is 6.54 Å². The SMILES string of the molecule is Cn1cc(CNC(=O)c2c(NC(=O)c3[nH]ncc3Cl)cnn2C)cn1. The molecule has 0 aliphatic rings. The van der Waals surface area contributed by atoms with Crippen LogP contribution in [0.1, 0.15) is 26.5 Å². The van der Waals surface area contributed by atoms with Crippen LogP contribution in [-0.2, 0) is 20.6 Å². The number of anilines is 1. The quantitative estimate of drug-likeness (QED) is 0.617. The van der Waals surface area contributed by atoms with Crippen LogP contribution in [0.25, 0.3) is 0 Å². The van der Waals surface area contributed by atoms with Gasteiger partial charge >= 0.3 is 0 Å². The van der Waals surface area contributed by atoms with Crippen LogP contribution in [0, 0.1) is 0 Å². The zero-order valence-electron chi connectivity index (χ0n) is 13.4. The molecule has 3 N–H and O–H groups in total. The van der Waals surface area contributed by atoms with Crippen LogP contribution in [0.2, 0.25) is 5.02 Å². The van der Waals surface area contributed by atoms with Crippen LogP contribution >= 0.6 is 11.6 Å². The fourth-order valence-electron chi connectivity index (χ4n) is 2.24. The predicted molar refractivity (Wildman–Crippen MR) is 89.1 cm³/mol. The Morgan fingerprint density at radius 2 is 2.00 bits per heavy atom. The molecule has 0 atom stereocenters. The summed E-state index contributed by atoms with van der Waals surface area (Å²) in [4.78, 5) is 24.7. The molecule has 0 aliphatic heterocycles. The summed E-state index contributed by atoms with van der Waals surface area (Å²) in [7, 11) is 3.40. The fraction of sp³-hybridized carbons (Fsp3) is 0.214. The maximum atomic E-state index is 12.5. The molecule has 11 heteroatoms. The lowest BCUT2D eigenvalue weighted by atomic mass is 10.3. The van der Waals surface area contributed by atoms with E-state index in [1.165, 1.54) is 17.1 Å². The number of aromatic amines is 1. The Morgan fingerprint density at radius 1 is 1.20 bits per heavy atom. The van der Waals surface area contributed by atoms with Gasteiger partial charge in [0.05, 0.1) is 29.3 Å². The largest absolute Gasteiger partial charge is 0.346 e. The average molecular weight is 363 g/mol. The first-order chi connectivity index (χ1) is 12.0. The van der Waals surface area contributed by atoms with Crippen molar-refractivity contribution in [1.29, 1.82) is 0 Å². The summed E-state index contributed by atoms with van der Waals surface area (Å²) in [5, 5.41) is 19.8. The second-order valence-corrected chi connectivity index (χ2v) is 5.69. The molecule has 3 heterocycles. The molecule has 0 bridgehead atoms. The summed E-state index contributed by atoms with van der Waals surface area (Å²) in [5.74, 6) is -0.897. The van der Waals surface area contributed by atoms with E-state index in [-0.39, 0.29) is 28.0 Å². The molecule has 10 nitrogen and oxygen atoms in total. The van der Waals surface area contributed by atoms with Gasteiger partial charge in [0, 0.05) is 32.4 Å². The topological polar surface area (TPSA) is 123 Å². The number of H-pyrrole nitrogens is 1. The van der Waals surface area contributed by atoms with Crippen LogP contribution in [-0.4, -0.2) is 41.6 Å². The van der Waals surface area contributed by atoms with Crippen LogP contribution < -0.4 is 10.6 Å². The number of carbonyl (C=O) groups is 2. The summed E-state index contributed by atoms with van der Waals surface area (Å²) >= 11 is 5.87. The Kier molecular flexibility index (Phi) is 4.52. The van der Waals surface area contributed by atoms with Gasteiger partial charge in [0.15, 0.2) is 0 Å². The Balaban J connectivity index is 1.73. The monoisotopic (exact) mass is 362 g/mol. The number of nitrogens with one attached hydrogen (secondary N) is 3. The van der Waals surface area contributed by atoms with E-state index in [1.807, 2.05) is 0 Å². The van der Waals surface area contributed by atoms with E-state index in [0.717, 1.165) is 5.56 Å². The number of amides is 2. The van der Waals surface area contributed by atoms with E-state index in [2.05, 4.69) is 31.0 Å². The van der Waals surface area contributed by atoms with Crippen molar-refractivity contribution in [1.82, 2.24) is 35.1 Å². The number of halogens is 1. The van der Waals surface area contributed by atoms with Crippen molar-refractivity contribution >= 4 is 29.1 Å². The number of hydrogen-bond donors (Lipinski definition) is 3. The molecule has 0 radical (unpaired) electrons. The number of nitrogens with zero attached hydrogens (tertiary/aromatic N) is 5. The number of rotatable bonds is 5.